The zero-order valence-electron chi connectivity index (χ0n) is 15.5. The third kappa shape index (κ3) is 4.21. The Balaban J connectivity index is 1.92. The molecule has 0 unspecified atom stereocenters. The Labute approximate surface area is 157 Å². The van der Waals surface area contributed by atoms with Crippen molar-refractivity contribution >= 4 is 23.6 Å². The largest absolute Gasteiger partial charge is 0.456 e. The van der Waals surface area contributed by atoms with Crippen molar-refractivity contribution in [3.05, 3.63) is 29.8 Å². The van der Waals surface area contributed by atoms with Gasteiger partial charge in [0.25, 0.3) is 0 Å². The first kappa shape index (κ1) is 19.2. The molecule has 0 N–H and O–H groups in total. The number of esters is 3. The van der Waals surface area contributed by atoms with E-state index in [0.717, 1.165) is 17.7 Å². The van der Waals surface area contributed by atoms with Gasteiger partial charge in [-0.05, 0) is 18.1 Å². The highest BCUT2D eigenvalue weighted by atomic mass is 16.6. The van der Waals surface area contributed by atoms with E-state index in [-0.39, 0.29) is 6.61 Å². The molecular formula is C19H23NO7. The molecule has 0 aliphatic carbocycles. The number of carbonyl (C=O) groups is 3. The molecule has 4 atom stereocenters. The van der Waals surface area contributed by atoms with Gasteiger partial charge in [-0.25, -0.2) is 0 Å². The summed E-state index contributed by atoms with van der Waals surface area (Å²) in [5.41, 5.74) is 2.14. The molecule has 1 aromatic rings. The average molecular weight is 377 g/mol. The van der Waals surface area contributed by atoms with Crippen molar-refractivity contribution in [3.63, 3.8) is 0 Å². The molecule has 2 heterocycles. The van der Waals surface area contributed by atoms with Crippen LogP contribution < -0.4 is 4.90 Å². The molecule has 2 aliphatic rings. The van der Waals surface area contributed by atoms with Gasteiger partial charge in [0.15, 0.2) is 24.5 Å². The summed E-state index contributed by atoms with van der Waals surface area (Å²) in [6, 6.07) is 7.89. The van der Waals surface area contributed by atoms with E-state index in [1.165, 1.54) is 20.8 Å². The van der Waals surface area contributed by atoms with E-state index in [9.17, 15) is 14.4 Å². The van der Waals surface area contributed by atoms with Crippen molar-refractivity contribution in [1.29, 1.82) is 0 Å². The predicted molar refractivity (Wildman–Crippen MR) is 93.9 cm³/mol. The van der Waals surface area contributed by atoms with Crippen LogP contribution in [-0.2, 0) is 39.8 Å². The van der Waals surface area contributed by atoms with Crippen LogP contribution in [-0.4, -0.2) is 55.6 Å². The van der Waals surface area contributed by atoms with E-state index < -0.39 is 42.4 Å². The van der Waals surface area contributed by atoms with Crippen LogP contribution in [0.4, 0.5) is 5.69 Å². The van der Waals surface area contributed by atoms with Gasteiger partial charge in [0.05, 0.1) is 6.61 Å². The molecule has 0 spiro atoms. The number of fused-ring (bicyclic) bond motifs is 1. The van der Waals surface area contributed by atoms with E-state index in [1.54, 1.807) is 0 Å². The summed E-state index contributed by atoms with van der Waals surface area (Å²) < 4.78 is 22.1. The topological polar surface area (TPSA) is 91.4 Å². The molecule has 0 bridgehead atoms. The van der Waals surface area contributed by atoms with Crippen LogP contribution in [0, 0.1) is 0 Å². The van der Waals surface area contributed by atoms with Gasteiger partial charge in [-0.1, -0.05) is 18.2 Å². The summed E-state index contributed by atoms with van der Waals surface area (Å²) >= 11 is 0. The Bertz CT molecular complexity index is 735. The summed E-state index contributed by atoms with van der Waals surface area (Å²) in [4.78, 5) is 36.8. The van der Waals surface area contributed by atoms with Crippen LogP contribution >= 0.6 is 0 Å². The van der Waals surface area contributed by atoms with Crippen LogP contribution in [0.3, 0.4) is 0 Å². The summed E-state index contributed by atoms with van der Waals surface area (Å²) in [6.07, 6.45) is -2.58. The molecule has 2 aliphatic heterocycles. The van der Waals surface area contributed by atoms with Gasteiger partial charge in [0.2, 0.25) is 0 Å². The summed E-state index contributed by atoms with van der Waals surface area (Å²) in [7, 11) is 0. The average Bonchev–Trinajstić information content (AvgIpc) is 3.00. The lowest BCUT2D eigenvalue weighted by molar-refractivity contribution is -0.225. The second-order valence-electron chi connectivity index (χ2n) is 6.59. The highest BCUT2D eigenvalue weighted by Gasteiger charge is 2.49. The van der Waals surface area contributed by atoms with Crippen molar-refractivity contribution in [2.75, 3.05) is 18.1 Å². The Kier molecular flexibility index (Phi) is 5.65. The molecule has 0 radical (unpaired) electrons. The fourth-order valence-corrected chi connectivity index (χ4v) is 3.62. The Morgan fingerprint density at radius 2 is 1.59 bits per heavy atom. The lowest BCUT2D eigenvalue weighted by Gasteiger charge is -2.44. The van der Waals surface area contributed by atoms with Crippen molar-refractivity contribution in [1.82, 2.24) is 0 Å². The minimum absolute atomic E-state index is 0.0264. The number of ether oxygens (including phenoxy) is 4. The first-order valence-corrected chi connectivity index (χ1v) is 8.84. The molecule has 1 saturated heterocycles. The van der Waals surface area contributed by atoms with Crippen LogP contribution in [0.15, 0.2) is 24.3 Å². The van der Waals surface area contributed by atoms with E-state index >= 15 is 0 Å². The van der Waals surface area contributed by atoms with Crippen molar-refractivity contribution in [2.45, 2.75) is 51.7 Å². The van der Waals surface area contributed by atoms with Crippen molar-refractivity contribution < 1.29 is 33.3 Å². The maximum Gasteiger partial charge on any atom is 0.303 e. The fourth-order valence-electron chi connectivity index (χ4n) is 3.62. The van der Waals surface area contributed by atoms with Crippen LogP contribution in [0.1, 0.15) is 26.3 Å². The first-order valence-electron chi connectivity index (χ1n) is 8.84. The van der Waals surface area contributed by atoms with Crippen LogP contribution in [0.5, 0.6) is 0 Å². The molecular weight excluding hydrogens is 354 g/mol. The summed E-state index contributed by atoms with van der Waals surface area (Å²) in [5.74, 6) is -1.63. The van der Waals surface area contributed by atoms with Gasteiger partial charge in [-0.2, -0.15) is 0 Å². The molecule has 0 aromatic heterocycles. The van der Waals surface area contributed by atoms with Crippen LogP contribution in [0.2, 0.25) is 0 Å². The number of hydrogen-bond acceptors (Lipinski definition) is 8. The number of hydrogen-bond donors (Lipinski definition) is 0. The maximum absolute atomic E-state index is 11.7. The molecule has 3 rings (SSSR count). The molecule has 8 nitrogen and oxygen atoms in total. The number of benzene rings is 1. The third-order valence-electron chi connectivity index (χ3n) is 4.55. The number of nitrogens with zero attached hydrogens (tertiary/aromatic N) is 1. The highest BCUT2D eigenvalue weighted by Crippen LogP contribution is 2.35. The summed E-state index contributed by atoms with van der Waals surface area (Å²) in [6.45, 7) is 4.49. The van der Waals surface area contributed by atoms with Gasteiger partial charge in [0, 0.05) is 33.0 Å². The van der Waals surface area contributed by atoms with E-state index in [2.05, 4.69) is 0 Å². The van der Waals surface area contributed by atoms with E-state index in [1.807, 2.05) is 29.2 Å². The molecule has 0 saturated carbocycles. The number of para-hydroxylation sites is 1. The predicted octanol–water partition coefficient (Wildman–Crippen LogP) is 1.20. The van der Waals surface area contributed by atoms with Gasteiger partial charge in [0.1, 0.15) is 0 Å². The lowest BCUT2D eigenvalue weighted by atomic mass is 10.0. The van der Waals surface area contributed by atoms with Gasteiger partial charge in [-0.15, -0.1) is 0 Å². The summed E-state index contributed by atoms with van der Waals surface area (Å²) in [5, 5.41) is 0. The SMILES string of the molecule is CC(=O)O[C@@H]1[C@H](OC(C)=O)[C@@H](N2CCc3ccccc32)OC[C@H]1OC(C)=O. The minimum atomic E-state index is -0.957. The highest BCUT2D eigenvalue weighted by molar-refractivity contribution is 5.68. The molecule has 0 amide bonds. The van der Waals surface area contributed by atoms with Gasteiger partial charge in [-0.3, -0.25) is 14.4 Å². The standard InChI is InChI=1S/C19H23NO7/c1-11(21)25-16-10-24-19(18(27-13(3)23)17(16)26-12(2)22)20-9-8-14-6-4-5-7-15(14)20/h4-7,16-19H,8-10H2,1-3H3/t16-,17+,18+,19+/m1/s1. The number of anilines is 1. The normalized spacial score (nSPS) is 26.9. The van der Waals surface area contributed by atoms with Gasteiger partial charge < -0.3 is 23.8 Å². The second kappa shape index (κ2) is 7.96. The Morgan fingerprint density at radius 3 is 2.26 bits per heavy atom. The van der Waals surface area contributed by atoms with Crippen LogP contribution in [0.25, 0.3) is 0 Å². The number of carbonyl (C=O) groups excluding carboxylic acids is 3. The quantitative estimate of drug-likeness (QED) is 0.571. The van der Waals surface area contributed by atoms with Crippen molar-refractivity contribution in [3.8, 4) is 0 Å². The Morgan fingerprint density at radius 1 is 0.963 bits per heavy atom. The lowest BCUT2D eigenvalue weighted by Crippen LogP contribution is -2.62. The minimum Gasteiger partial charge on any atom is -0.456 e. The smallest absolute Gasteiger partial charge is 0.303 e. The van der Waals surface area contributed by atoms with Gasteiger partial charge >= 0.3 is 17.9 Å². The Hall–Kier alpha value is -2.61. The van der Waals surface area contributed by atoms with E-state index in [4.69, 9.17) is 18.9 Å². The second-order valence-corrected chi connectivity index (χ2v) is 6.59. The molecule has 8 heteroatoms. The van der Waals surface area contributed by atoms with Crippen molar-refractivity contribution in [2.24, 2.45) is 0 Å². The number of rotatable bonds is 4. The first-order chi connectivity index (χ1) is 12.9. The fraction of sp³-hybridized carbons (Fsp3) is 0.526. The zero-order valence-corrected chi connectivity index (χ0v) is 15.5. The zero-order chi connectivity index (χ0) is 19.6. The monoisotopic (exact) mass is 377 g/mol. The molecule has 1 aromatic carbocycles. The molecule has 27 heavy (non-hydrogen) atoms. The molecule has 1 fully saturated rings. The molecule has 146 valence electrons. The maximum atomic E-state index is 11.7. The van der Waals surface area contributed by atoms with E-state index in [0.29, 0.717) is 6.54 Å². The third-order valence-corrected chi connectivity index (χ3v) is 4.55.